The highest BCUT2D eigenvalue weighted by Crippen LogP contribution is 2.26. The fraction of sp³-hybridized carbons (Fsp3) is 0.625. The average Bonchev–Trinajstić information content (AvgIpc) is 2.64. The third-order valence-electron chi connectivity index (χ3n) is 4.08. The third-order valence-corrected chi connectivity index (χ3v) is 4.08. The van der Waals surface area contributed by atoms with Gasteiger partial charge in [-0.15, -0.1) is 0 Å². The predicted molar refractivity (Wildman–Crippen MR) is 76.9 cm³/mol. The molecular formula is C16H24FNO2. The summed E-state index contributed by atoms with van der Waals surface area (Å²) in [7, 11) is 0. The number of benzene rings is 1. The number of aliphatic hydroxyl groups excluding tert-OH is 1. The van der Waals surface area contributed by atoms with Crippen molar-refractivity contribution in [1.29, 1.82) is 0 Å². The second kappa shape index (κ2) is 7.16. The Morgan fingerprint density at radius 2 is 1.70 bits per heavy atom. The minimum absolute atomic E-state index is 0.304. The third kappa shape index (κ3) is 4.54. The number of hydrogen-bond donors (Lipinski definition) is 3. The standard InChI is InChI=1S/C16H24FNO2/c17-14-7-5-13(6-8-14)15(19)11-18-12-16(20)9-3-1-2-4-10-16/h5-8,15,18-20H,1-4,9-12H2. The SMILES string of the molecule is OC(CNCC1(O)CCCCCC1)c1ccc(F)cc1. The maximum Gasteiger partial charge on any atom is 0.123 e. The first kappa shape index (κ1) is 15.4. The zero-order valence-electron chi connectivity index (χ0n) is 11.8. The van der Waals surface area contributed by atoms with Crippen molar-refractivity contribution in [3.05, 3.63) is 35.6 Å². The molecule has 0 bridgehead atoms. The van der Waals surface area contributed by atoms with E-state index in [1.165, 1.54) is 25.0 Å². The van der Waals surface area contributed by atoms with Crippen LogP contribution in [0, 0.1) is 5.82 Å². The average molecular weight is 281 g/mol. The fourth-order valence-corrected chi connectivity index (χ4v) is 2.81. The van der Waals surface area contributed by atoms with Crippen LogP contribution < -0.4 is 5.32 Å². The minimum Gasteiger partial charge on any atom is -0.389 e. The van der Waals surface area contributed by atoms with Gasteiger partial charge in [0.05, 0.1) is 11.7 Å². The van der Waals surface area contributed by atoms with E-state index in [-0.39, 0.29) is 5.82 Å². The van der Waals surface area contributed by atoms with Gasteiger partial charge in [0.2, 0.25) is 0 Å². The van der Waals surface area contributed by atoms with Crippen molar-refractivity contribution >= 4 is 0 Å². The van der Waals surface area contributed by atoms with Crippen LogP contribution in [0.25, 0.3) is 0 Å². The lowest BCUT2D eigenvalue weighted by Gasteiger charge is -2.27. The Hall–Kier alpha value is -0.970. The summed E-state index contributed by atoms with van der Waals surface area (Å²) < 4.78 is 12.8. The van der Waals surface area contributed by atoms with E-state index in [4.69, 9.17) is 0 Å². The summed E-state index contributed by atoms with van der Waals surface area (Å²) in [5.41, 5.74) is 0.0469. The lowest BCUT2D eigenvalue weighted by atomic mass is 9.94. The van der Waals surface area contributed by atoms with Gasteiger partial charge >= 0.3 is 0 Å². The van der Waals surface area contributed by atoms with Gasteiger partial charge in [-0.2, -0.15) is 0 Å². The molecule has 20 heavy (non-hydrogen) atoms. The molecule has 1 aromatic rings. The van der Waals surface area contributed by atoms with Gasteiger partial charge in [-0.3, -0.25) is 0 Å². The van der Waals surface area contributed by atoms with Crippen molar-refractivity contribution in [1.82, 2.24) is 5.32 Å². The molecule has 3 N–H and O–H groups in total. The van der Waals surface area contributed by atoms with E-state index in [9.17, 15) is 14.6 Å². The van der Waals surface area contributed by atoms with Gasteiger partial charge in [-0.1, -0.05) is 37.8 Å². The first-order valence-electron chi connectivity index (χ1n) is 7.46. The minimum atomic E-state index is -0.676. The van der Waals surface area contributed by atoms with Crippen molar-refractivity contribution in [2.24, 2.45) is 0 Å². The highest BCUT2D eigenvalue weighted by Gasteiger charge is 2.27. The molecule has 4 heteroatoms. The highest BCUT2D eigenvalue weighted by molar-refractivity contribution is 5.18. The van der Waals surface area contributed by atoms with Crippen LogP contribution >= 0.6 is 0 Å². The first-order chi connectivity index (χ1) is 9.59. The van der Waals surface area contributed by atoms with E-state index in [1.807, 2.05) is 0 Å². The number of hydrogen-bond acceptors (Lipinski definition) is 3. The van der Waals surface area contributed by atoms with E-state index in [0.717, 1.165) is 25.7 Å². The smallest absolute Gasteiger partial charge is 0.123 e. The van der Waals surface area contributed by atoms with E-state index >= 15 is 0 Å². The molecule has 0 heterocycles. The molecule has 1 unspecified atom stereocenters. The summed E-state index contributed by atoms with van der Waals surface area (Å²) in [6, 6.07) is 5.86. The lowest BCUT2D eigenvalue weighted by molar-refractivity contribution is 0.0223. The molecule has 1 aliphatic carbocycles. The van der Waals surface area contributed by atoms with E-state index in [0.29, 0.717) is 18.7 Å². The van der Waals surface area contributed by atoms with Gasteiger partial charge in [0.1, 0.15) is 5.82 Å². The fourth-order valence-electron chi connectivity index (χ4n) is 2.81. The largest absolute Gasteiger partial charge is 0.389 e. The monoisotopic (exact) mass is 281 g/mol. The molecule has 1 aliphatic rings. The van der Waals surface area contributed by atoms with Crippen molar-refractivity contribution in [2.45, 2.75) is 50.2 Å². The Morgan fingerprint density at radius 1 is 1.10 bits per heavy atom. The second-order valence-corrected chi connectivity index (χ2v) is 5.84. The molecule has 0 aliphatic heterocycles. The van der Waals surface area contributed by atoms with Crippen LogP contribution in [0.1, 0.15) is 50.2 Å². The topological polar surface area (TPSA) is 52.5 Å². The van der Waals surface area contributed by atoms with Gasteiger partial charge in [-0.25, -0.2) is 4.39 Å². The summed E-state index contributed by atoms with van der Waals surface area (Å²) in [5.74, 6) is -0.304. The Balaban J connectivity index is 1.78. The van der Waals surface area contributed by atoms with Crippen molar-refractivity contribution < 1.29 is 14.6 Å². The molecule has 1 saturated carbocycles. The predicted octanol–water partition coefficient (Wildman–Crippen LogP) is 2.53. The van der Waals surface area contributed by atoms with Crippen molar-refractivity contribution in [2.75, 3.05) is 13.1 Å². The Morgan fingerprint density at radius 3 is 2.30 bits per heavy atom. The Kier molecular flexibility index (Phi) is 5.52. The van der Waals surface area contributed by atoms with Gasteiger partial charge in [-0.05, 0) is 30.5 Å². The van der Waals surface area contributed by atoms with Crippen LogP contribution in [0.15, 0.2) is 24.3 Å². The zero-order chi connectivity index (χ0) is 14.4. The first-order valence-corrected chi connectivity index (χ1v) is 7.46. The zero-order valence-corrected chi connectivity index (χ0v) is 11.8. The van der Waals surface area contributed by atoms with Gasteiger partial charge in [0, 0.05) is 13.1 Å². The molecule has 1 fully saturated rings. The number of aliphatic hydroxyl groups is 2. The summed E-state index contributed by atoms with van der Waals surface area (Å²) in [4.78, 5) is 0. The number of nitrogens with one attached hydrogen (secondary N) is 1. The number of halogens is 1. The van der Waals surface area contributed by atoms with Gasteiger partial charge in [0.15, 0.2) is 0 Å². The van der Waals surface area contributed by atoms with E-state index < -0.39 is 11.7 Å². The lowest BCUT2D eigenvalue weighted by Crippen LogP contribution is -2.41. The summed E-state index contributed by atoms with van der Waals surface area (Å²) >= 11 is 0. The van der Waals surface area contributed by atoms with E-state index in [1.54, 1.807) is 12.1 Å². The molecule has 112 valence electrons. The molecule has 1 aromatic carbocycles. The quantitative estimate of drug-likeness (QED) is 0.727. The van der Waals surface area contributed by atoms with Gasteiger partial charge < -0.3 is 15.5 Å². The molecule has 2 rings (SSSR count). The maximum atomic E-state index is 12.8. The Bertz CT molecular complexity index is 399. The maximum absolute atomic E-state index is 12.8. The Labute approximate surface area is 119 Å². The summed E-state index contributed by atoms with van der Waals surface area (Å²) in [6.07, 6.45) is 5.50. The number of rotatable bonds is 5. The second-order valence-electron chi connectivity index (χ2n) is 5.84. The summed E-state index contributed by atoms with van der Waals surface area (Å²) in [6.45, 7) is 0.874. The normalized spacial score (nSPS) is 20.4. The molecule has 0 spiro atoms. The van der Waals surface area contributed by atoms with Crippen LogP contribution in [0.2, 0.25) is 0 Å². The van der Waals surface area contributed by atoms with Gasteiger partial charge in [0.25, 0.3) is 0 Å². The molecule has 0 radical (unpaired) electrons. The van der Waals surface area contributed by atoms with Crippen LogP contribution in [0.4, 0.5) is 4.39 Å². The molecule has 0 saturated heterocycles. The van der Waals surface area contributed by atoms with Crippen LogP contribution in [-0.4, -0.2) is 28.9 Å². The molecular weight excluding hydrogens is 257 g/mol. The van der Waals surface area contributed by atoms with E-state index in [2.05, 4.69) is 5.32 Å². The summed E-state index contributed by atoms with van der Waals surface area (Å²) in [5, 5.41) is 23.6. The van der Waals surface area contributed by atoms with Crippen LogP contribution in [0.5, 0.6) is 0 Å². The molecule has 1 atom stereocenters. The molecule has 0 aromatic heterocycles. The van der Waals surface area contributed by atoms with Crippen molar-refractivity contribution in [3.8, 4) is 0 Å². The van der Waals surface area contributed by atoms with Crippen LogP contribution in [0.3, 0.4) is 0 Å². The molecule has 0 amide bonds. The highest BCUT2D eigenvalue weighted by atomic mass is 19.1. The van der Waals surface area contributed by atoms with Crippen LogP contribution in [-0.2, 0) is 0 Å². The molecule has 3 nitrogen and oxygen atoms in total. The van der Waals surface area contributed by atoms with Crippen molar-refractivity contribution in [3.63, 3.8) is 0 Å².